The van der Waals surface area contributed by atoms with Crippen molar-refractivity contribution in [3.8, 4) is 0 Å². The first-order chi connectivity index (χ1) is 7.80. The standard InChI is InChI=1S/C12H16BrNO3/c1-12(2,3)17-11(16)14-10-5-8(7-15)4-9(13)6-10/h4-6,15H,7H2,1-3H3,(H,14,16). The number of carbonyl (C=O) groups excluding carboxylic acids is 1. The van der Waals surface area contributed by atoms with Gasteiger partial charge >= 0.3 is 6.09 Å². The highest BCUT2D eigenvalue weighted by atomic mass is 79.9. The molecular weight excluding hydrogens is 286 g/mol. The molecule has 0 saturated carbocycles. The van der Waals surface area contributed by atoms with E-state index in [0.29, 0.717) is 11.3 Å². The first kappa shape index (κ1) is 14.0. The minimum atomic E-state index is -0.532. The van der Waals surface area contributed by atoms with E-state index in [2.05, 4.69) is 21.2 Å². The van der Waals surface area contributed by atoms with E-state index in [9.17, 15) is 4.79 Å². The van der Waals surface area contributed by atoms with E-state index in [-0.39, 0.29) is 6.61 Å². The summed E-state index contributed by atoms with van der Waals surface area (Å²) in [5.41, 5.74) is 0.763. The van der Waals surface area contributed by atoms with Gasteiger partial charge in [-0.1, -0.05) is 15.9 Å². The second kappa shape index (κ2) is 5.51. The van der Waals surface area contributed by atoms with Crippen LogP contribution < -0.4 is 5.32 Å². The van der Waals surface area contributed by atoms with Gasteiger partial charge in [0.25, 0.3) is 0 Å². The van der Waals surface area contributed by atoms with Gasteiger partial charge in [0.1, 0.15) is 5.60 Å². The maximum absolute atomic E-state index is 11.5. The zero-order valence-electron chi connectivity index (χ0n) is 10.1. The van der Waals surface area contributed by atoms with Gasteiger partial charge in [-0.05, 0) is 44.5 Å². The number of carbonyl (C=O) groups is 1. The van der Waals surface area contributed by atoms with Gasteiger partial charge < -0.3 is 9.84 Å². The van der Waals surface area contributed by atoms with Crippen molar-refractivity contribution in [2.45, 2.75) is 33.0 Å². The highest BCUT2D eigenvalue weighted by Crippen LogP contribution is 2.20. The number of hydrogen-bond acceptors (Lipinski definition) is 3. The molecule has 0 radical (unpaired) electrons. The Morgan fingerprint density at radius 1 is 1.41 bits per heavy atom. The molecule has 1 aromatic rings. The molecule has 4 nitrogen and oxygen atoms in total. The van der Waals surface area contributed by atoms with E-state index in [1.165, 1.54) is 0 Å². The smallest absolute Gasteiger partial charge is 0.412 e. The highest BCUT2D eigenvalue weighted by Gasteiger charge is 2.16. The van der Waals surface area contributed by atoms with Crippen LogP contribution in [0.25, 0.3) is 0 Å². The molecule has 0 heterocycles. The van der Waals surface area contributed by atoms with Crippen LogP contribution in [0.5, 0.6) is 0 Å². The van der Waals surface area contributed by atoms with Crippen molar-refractivity contribution in [2.75, 3.05) is 5.32 Å². The number of anilines is 1. The van der Waals surface area contributed by atoms with Gasteiger partial charge in [0.2, 0.25) is 0 Å². The van der Waals surface area contributed by atoms with E-state index in [1.807, 2.05) is 0 Å². The lowest BCUT2D eigenvalue weighted by molar-refractivity contribution is 0.0636. The van der Waals surface area contributed by atoms with Crippen LogP contribution in [0.15, 0.2) is 22.7 Å². The van der Waals surface area contributed by atoms with Gasteiger partial charge in [-0.25, -0.2) is 4.79 Å². The number of hydrogen-bond donors (Lipinski definition) is 2. The minimum absolute atomic E-state index is 0.0809. The third kappa shape index (κ3) is 5.19. The largest absolute Gasteiger partial charge is 0.444 e. The summed E-state index contributed by atoms with van der Waals surface area (Å²) in [5, 5.41) is 11.7. The number of halogens is 1. The monoisotopic (exact) mass is 301 g/mol. The second-order valence-electron chi connectivity index (χ2n) is 4.63. The number of aliphatic hydroxyl groups is 1. The molecule has 94 valence electrons. The Labute approximate surface area is 109 Å². The van der Waals surface area contributed by atoms with Gasteiger partial charge in [-0.3, -0.25) is 5.32 Å². The second-order valence-corrected chi connectivity index (χ2v) is 5.55. The quantitative estimate of drug-likeness (QED) is 0.881. The first-order valence-corrected chi connectivity index (χ1v) is 6.00. The number of aliphatic hydroxyl groups excluding tert-OH is 1. The summed E-state index contributed by atoms with van der Waals surface area (Å²) >= 11 is 3.30. The molecule has 1 aromatic carbocycles. The molecule has 0 saturated heterocycles. The Balaban J connectivity index is 2.74. The Bertz CT molecular complexity index is 413. The van der Waals surface area contributed by atoms with Crippen molar-refractivity contribution < 1.29 is 14.6 Å². The molecule has 2 N–H and O–H groups in total. The molecule has 0 atom stereocenters. The van der Waals surface area contributed by atoms with Gasteiger partial charge in [0, 0.05) is 10.2 Å². The maximum atomic E-state index is 11.5. The Kier molecular flexibility index (Phi) is 4.54. The number of nitrogens with one attached hydrogen (secondary N) is 1. The number of amides is 1. The molecule has 0 bridgehead atoms. The van der Waals surface area contributed by atoms with Crippen LogP contribution in [0.4, 0.5) is 10.5 Å². The molecule has 0 spiro atoms. The van der Waals surface area contributed by atoms with Crippen LogP contribution >= 0.6 is 15.9 Å². The summed E-state index contributed by atoms with van der Waals surface area (Å²) in [6.07, 6.45) is -0.514. The van der Waals surface area contributed by atoms with E-state index >= 15 is 0 Å². The lowest BCUT2D eigenvalue weighted by Crippen LogP contribution is -2.27. The molecule has 0 fully saturated rings. The Hall–Kier alpha value is -1.07. The minimum Gasteiger partial charge on any atom is -0.444 e. The number of benzene rings is 1. The zero-order chi connectivity index (χ0) is 13.1. The van der Waals surface area contributed by atoms with Crippen molar-refractivity contribution in [1.82, 2.24) is 0 Å². The van der Waals surface area contributed by atoms with Crippen LogP contribution in [0.2, 0.25) is 0 Å². The topological polar surface area (TPSA) is 58.6 Å². The molecule has 0 aliphatic rings. The summed E-state index contributed by atoms with van der Waals surface area (Å²) in [5.74, 6) is 0. The van der Waals surface area contributed by atoms with E-state index in [0.717, 1.165) is 4.47 Å². The number of ether oxygens (including phenoxy) is 1. The molecule has 0 unspecified atom stereocenters. The third-order valence-electron chi connectivity index (χ3n) is 1.79. The molecule has 0 aromatic heterocycles. The molecule has 17 heavy (non-hydrogen) atoms. The fourth-order valence-electron chi connectivity index (χ4n) is 1.24. The molecule has 1 amide bonds. The van der Waals surface area contributed by atoms with Gasteiger partial charge in [-0.2, -0.15) is 0 Å². The van der Waals surface area contributed by atoms with E-state index in [1.54, 1.807) is 39.0 Å². The van der Waals surface area contributed by atoms with Crippen molar-refractivity contribution in [1.29, 1.82) is 0 Å². The summed E-state index contributed by atoms with van der Waals surface area (Å²) < 4.78 is 5.91. The fraction of sp³-hybridized carbons (Fsp3) is 0.417. The third-order valence-corrected chi connectivity index (χ3v) is 2.24. The molecule has 5 heteroatoms. The molecular formula is C12H16BrNO3. The van der Waals surface area contributed by atoms with Crippen molar-refractivity contribution in [2.24, 2.45) is 0 Å². The van der Waals surface area contributed by atoms with Crippen molar-refractivity contribution >= 4 is 27.7 Å². The summed E-state index contributed by atoms with van der Waals surface area (Å²) in [6.45, 7) is 5.31. The summed E-state index contributed by atoms with van der Waals surface area (Å²) in [6, 6.07) is 5.21. The van der Waals surface area contributed by atoms with Crippen molar-refractivity contribution in [3.63, 3.8) is 0 Å². The zero-order valence-corrected chi connectivity index (χ0v) is 11.7. The van der Waals surface area contributed by atoms with E-state index in [4.69, 9.17) is 9.84 Å². The van der Waals surface area contributed by atoms with Crippen LogP contribution in [-0.2, 0) is 11.3 Å². The Morgan fingerprint density at radius 3 is 2.59 bits per heavy atom. The van der Waals surface area contributed by atoms with Crippen molar-refractivity contribution in [3.05, 3.63) is 28.2 Å². The van der Waals surface area contributed by atoms with Crippen LogP contribution in [0.1, 0.15) is 26.3 Å². The fourth-order valence-corrected chi connectivity index (χ4v) is 1.78. The van der Waals surface area contributed by atoms with Gasteiger partial charge in [-0.15, -0.1) is 0 Å². The average Bonchev–Trinajstić information content (AvgIpc) is 2.13. The number of rotatable bonds is 2. The lowest BCUT2D eigenvalue weighted by Gasteiger charge is -2.19. The van der Waals surface area contributed by atoms with Crippen LogP contribution in [0.3, 0.4) is 0 Å². The average molecular weight is 302 g/mol. The summed E-state index contributed by atoms with van der Waals surface area (Å²) in [4.78, 5) is 11.5. The maximum Gasteiger partial charge on any atom is 0.412 e. The summed E-state index contributed by atoms with van der Waals surface area (Å²) in [7, 11) is 0. The van der Waals surface area contributed by atoms with Gasteiger partial charge in [0.15, 0.2) is 0 Å². The first-order valence-electron chi connectivity index (χ1n) is 5.20. The Morgan fingerprint density at radius 2 is 2.06 bits per heavy atom. The predicted octanol–water partition coefficient (Wildman–Crippen LogP) is 3.29. The SMILES string of the molecule is CC(C)(C)OC(=O)Nc1cc(Br)cc(CO)c1. The molecule has 1 rings (SSSR count). The predicted molar refractivity (Wildman–Crippen MR) is 69.9 cm³/mol. The normalized spacial score (nSPS) is 11.1. The van der Waals surface area contributed by atoms with Gasteiger partial charge in [0.05, 0.1) is 6.61 Å². The lowest BCUT2D eigenvalue weighted by atomic mass is 10.2. The highest BCUT2D eigenvalue weighted by molar-refractivity contribution is 9.10. The van der Waals surface area contributed by atoms with E-state index < -0.39 is 11.7 Å². The van der Waals surface area contributed by atoms with Crippen LogP contribution in [0, 0.1) is 0 Å². The molecule has 0 aliphatic heterocycles. The van der Waals surface area contributed by atoms with Crippen LogP contribution in [-0.4, -0.2) is 16.8 Å². The molecule has 0 aliphatic carbocycles.